The molecule has 1 atom stereocenters. The number of aromatic amines is 1. The Morgan fingerprint density at radius 3 is 3.16 bits per heavy atom. The van der Waals surface area contributed by atoms with Gasteiger partial charge in [-0.25, -0.2) is 0 Å². The molecule has 2 nitrogen and oxygen atoms in total. The molecule has 1 unspecified atom stereocenters. The summed E-state index contributed by atoms with van der Waals surface area (Å²) < 4.78 is 0. The summed E-state index contributed by atoms with van der Waals surface area (Å²) in [4.78, 5) is 3.28. The third kappa shape index (κ3) is 3.43. The predicted molar refractivity (Wildman–Crippen MR) is 88.6 cm³/mol. The number of H-pyrrole nitrogens is 1. The van der Waals surface area contributed by atoms with Crippen LogP contribution in [0.3, 0.4) is 0 Å². The fourth-order valence-electron chi connectivity index (χ4n) is 2.33. The first kappa shape index (κ1) is 13.7. The van der Waals surface area contributed by atoms with Crippen molar-refractivity contribution in [3.8, 4) is 0 Å². The standard InChI is InChI=1S/C14H17ClN2S2/c15-11-1-2-13-10(7-17-14(13)5-11)6-16-8-12-9-18-3-4-19-12/h1-2,5,7,12,16-17H,3-4,6,8-9H2. The zero-order valence-corrected chi connectivity index (χ0v) is 13.0. The van der Waals surface area contributed by atoms with Crippen molar-refractivity contribution < 1.29 is 0 Å². The molecule has 0 bridgehead atoms. The highest BCUT2D eigenvalue weighted by Gasteiger charge is 2.13. The zero-order chi connectivity index (χ0) is 13.1. The molecule has 1 saturated heterocycles. The molecule has 2 aromatic rings. The molecule has 19 heavy (non-hydrogen) atoms. The quantitative estimate of drug-likeness (QED) is 0.900. The molecule has 1 aliphatic rings. The first-order valence-electron chi connectivity index (χ1n) is 6.48. The van der Waals surface area contributed by atoms with E-state index < -0.39 is 0 Å². The van der Waals surface area contributed by atoms with Gasteiger partial charge in [0.2, 0.25) is 0 Å². The number of nitrogens with one attached hydrogen (secondary N) is 2. The molecule has 1 fully saturated rings. The number of halogens is 1. The monoisotopic (exact) mass is 312 g/mol. The van der Waals surface area contributed by atoms with Crippen LogP contribution in [0.5, 0.6) is 0 Å². The van der Waals surface area contributed by atoms with E-state index in [1.807, 2.05) is 12.1 Å². The maximum Gasteiger partial charge on any atom is 0.0472 e. The highest BCUT2D eigenvalue weighted by molar-refractivity contribution is 8.06. The molecule has 2 N–H and O–H groups in total. The Balaban J connectivity index is 1.59. The minimum Gasteiger partial charge on any atom is -0.361 e. The summed E-state index contributed by atoms with van der Waals surface area (Å²) in [5, 5.41) is 6.39. The Morgan fingerprint density at radius 2 is 2.32 bits per heavy atom. The number of fused-ring (bicyclic) bond motifs is 1. The van der Waals surface area contributed by atoms with Crippen molar-refractivity contribution in [2.75, 3.05) is 23.8 Å². The first-order chi connectivity index (χ1) is 9.33. The number of rotatable bonds is 4. The van der Waals surface area contributed by atoms with Gasteiger partial charge in [-0.05, 0) is 17.7 Å². The van der Waals surface area contributed by atoms with Crippen LogP contribution in [-0.2, 0) is 6.54 Å². The summed E-state index contributed by atoms with van der Waals surface area (Å²) in [5.41, 5.74) is 2.44. The highest BCUT2D eigenvalue weighted by atomic mass is 35.5. The molecule has 0 radical (unpaired) electrons. The zero-order valence-electron chi connectivity index (χ0n) is 10.6. The average Bonchev–Trinajstić information content (AvgIpc) is 2.82. The Kier molecular flexibility index (Phi) is 4.64. The van der Waals surface area contributed by atoms with E-state index in [-0.39, 0.29) is 0 Å². The van der Waals surface area contributed by atoms with Gasteiger partial charge in [-0.15, -0.1) is 0 Å². The van der Waals surface area contributed by atoms with Crippen LogP contribution in [0.4, 0.5) is 0 Å². The molecule has 1 aromatic carbocycles. The van der Waals surface area contributed by atoms with E-state index in [1.54, 1.807) is 0 Å². The van der Waals surface area contributed by atoms with Crippen molar-refractivity contribution in [2.24, 2.45) is 0 Å². The lowest BCUT2D eigenvalue weighted by molar-refractivity contribution is 0.689. The molecule has 3 rings (SSSR count). The summed E-state index contributed by atoms with van der Waals surface area (Å²) in [6.07, 6.45) is 2.08. The number of aromatic nitrogens is 1. The lowest BCUT2D eigenvalue weighted by Gasteiger charge is -2.21. The first-order valence-corrected chi connectivity index (χ1v) is 9.06. The van der Waals surface area contributed by atoms with Gasteiger partial charge < -0.3 is 10.3 Å². The van der Waals surface area contributed by atoms with E-state index in [0.29, 0.717) is 0 Å². The van der Waals surface area contributed by atoms with Gasteiger partial charge in [-0.1, -0.05) is 17.7 Å². The fourth-order valence-corrected chi connectivity index (χ4v) is 5.15. The SMILES string of the molecule is Clc1ccc2c(CNCC3CSCCS3)c[nH]c2c1. The van der Waals surface area contributed by atoms with Crippen molar-refractivity contribution in [3.63, 3.8) is 0 Å². The van der Waals surface area contributed by atoms with Gasteiger partial charge in [-0.2, -0.15) is 23.5 Å². The third-order valence-electron chi connectivity index (χ3n) is 3.30. The summed E-state index contributed by atoms with van der Waals surface area (Å²) >= 11 is 10.2. The van der Waals surface area contributed by atoms with Crippen LogP contribution in [0, 0.1) is 0 Å². The highest BCUT2D eigenvalue weighted by Crippen LogP contribution is 2.24. The lowest BCUT2D eigenvalue weighted by Crippen LogP contribution is -2.28. The average molecular weight is 313 g/mol. The molecular weight excluding hydrogens is 296 g/mol. The molecular formula is C14H17ClN2S2. The molecule has 0 saturated carbocycles. The Bertz CT molecular complexity index is 549. The topological polar surface area (TPSA) is 27.8 Å². The second-order valence-corrected chi connectivity index (χ2v) is 7.70. The van der Waals surface area contributed by atoms with E-state index in [2.05, 4.69) is 46.1 Å². The van der Waals surface area contributed by atoms with Crippen LogP contribution >= 0.6 is 35.1 Å². The van der Waals surface area contributed by atoms with Gasteiger partial charge in [0.25, 0.3) is 0 Å². The molecule has 0 amide bonds. The Labute approximate surface area is 127 Å². The van der Waals surface area contributed by atoms with E-state index >= 15 is 0 Å². The Morgan fingerprint density at radius 1 is 1.37 bits per heavy atom. The van der Waals surface area contributed by atoms with Crippen LogP contribution in [-0.4, -0.2) is 34.0 Å². The summed E-state index contributed by atoms with van der Waals surface area (Å²) in [7, 11) is 0. The van der Waals surface area contributed by atoms with Crippen LogP contribution in [0.25, 0.3) is 10.9 Å². The second kappa shape index (κ2) is 6.44. The summed E-state index contributed by atoms with van der Waals surface area (Å²) in [6, 6.07) is 6.03. The molecule has 2 heterocycles. The molecule has 102 valence electrons. The predicted octanol–water partition coefficient (Wildman–Crippen LogP) is 3.76. The summed E-state index contributed by atoms with van der Waals surface area (Å²) in [5.74, 6) is 3.88. The van der Waals surface area contributed by atoms with Crippen molar-refractivity contribution in [1.29, 1.82) is 0 Å². The maximum absolute atomic E-state index is 5.99. The third-order valence-corrected chi connectivity index (χ3v) is 6.38. The number of thioether (sulfide) groups is 2. The fraction of sp³-hybridized carbons (Fsp3) is 0.429. The smallest absolute Gasteiger partial charge is 0.0472 e. The van der Waals surface area contributed by atoms with Gasteiger partial charge in [0, 0.05) is 57.7 Å². The van der Waals surface area contributed by atoms with E-state index in [0.717, 1.165) is 28.9 Å². The van der Waals surface area contributed by atoms with Gasteiger partial charge in [0.05, 0.1) is 0 Å². The van der Waals surface area contributed by atoms with E-state index in [9.17, 15) is 0 Å². The van der Waals surface area contributed by atoms with Crippen LogP contribution in [0.15, 0.2) is 24.4 Å². The van der Waals surface area contributed by atoms with Crippen molar-refractivity contribution >= 4 is 46.0 Å². The largest absolute Gasteiger partial charge is 0.361 e. The van der Waals surface area contributed by atoms with Gasteiger partial charge >= 0.3 is 0 Å². The number of hydrogen-bond donors (Lipinski definition) is 2. The van der Waals surface area contributed by atoms with Crippen LogP contribution in [0.1, 0.15) is 5.56 Å². The maximum atomic E-state index is 5.99. The molecule has 1 aliphatic heterocycles. The lowest BCUT2D eigenvalue weighted by atomic mass is 10.2. The second-order valence-electron chi connectivity index (χ2n) is 4.70. The molecule has 5 heteroatoms. The molecule has 1 aromatic heterocycles. The van der Waals surface area contributed by atoms with E-state index in [4.69, 9.17) is 11.6 Å². The van der Waals surface area contributed by atoms with Gasteiger partial charge in [-0.3, -0.25) is 0 Å². The van der Waals surface area contributed by atoms with Crippen LogP contribution < -0.4 is 5.32 Å². The van der Waals surface area contributed by atoms with Crippen LogP contribution in [0.2, 0.25) is 5.02 Å². The van der Waals surface area contributed by atoms with Crippen molar-refractivity contribution in [1.82, 2.24) is 10.3 Å². The molecule has 0 spiro atoms. The number of benzene rings is 1. The normalized spacial score (nSPS) is 19.9. The van der Waals surface area contributed by atoms with Gasteiger partial charge in [0.1, 0.15) is 0 Å². The van der Waals surface area contributed by atoms with Gasteiger partial charge in [0.15, 0.2) is 0 Å². The molecule has 0 aliphatic carbocycles. The van der Waals surface area contributed by atoms with Crippen molar-refractivity contribution in [2.45, 2.75) is 11.8 Å². The minimum absolute atomic E-state index is 0.762. The van der Waals surface area contributed by atoms with E-state index in [1.165, 1.54) is 28.2 Å². The Hall–Kier alpha value is -0.290. The number of hydrogen-bond acceptors (Lipinski definition) is 3. The van der Waals surface area contributed by atoms with Crippen molar-refractivity contribution in [3.05, 3.63) is 35.0 Å². The summed E-state index contributed by atoms with van der Waals surface area (Å²) in [6.45, 7) is 2.02. The minimum atomic E-state index is 0.762.